The van der Waals surface area contributed by atoms with Crippen LogP contribution in [0.25, 0.3) is 0 Å². The Morgan fingerprint density at radius 2 is 1.80 bits per heavy atom. The third-order valence-electron chi connectivity index (χ3n) is 5.91. The number of aryl methyl sites for hydroxylation is 1. The highest BCUT2D eigenvalue weighted by Gasteiger charge is 2.51. The summed E-state index contributed by atoms with van der Waals surface area (Å²) in [6, 6.07) is 0. The van der Waals surface area contributed by atoms with E-state index in [1.165, 1.54) is 38.5 Å². The average Bonchev–Trinajstić information content (AvgIpc) is 2.81. The van der Waals surface area contributed by atoms with Crippen LogP contribution < -0.4 is 5.73 Å². The van der Waals surface area contributed by atoms with Crippen LogP contribution in [-0.2, 0) is 12.8 Å². The van der Waals surface area contributed by atoms with Gasteiger partial charge in [0.25, 0.3) is 0 Å². The van der Waals surface area contributed by atoms with E-state index in [1.54, 1.807) is 0 Å². The van der Waals surface area contributed by atoms with Crippen molar-refractivity contribution < 1.29 is 4.42 Å². The van der Waals surface area contributed by atoms with E-state index < -0.39 is 0 Å². The first-order chi connectivity index (χ1) is 9.75. The first-order valence-electron chi connectivity index (χ1n) is 8.38. The third kappa shape index (κ3) is 2.30. The van der Waals surface area contributed by atoms with E-state index in [9.17, 15) is 0 Å². The van der Waals surface area contributed by atoms with Crippen molar-refractivity contribution in [3.05, 3.63) is 17.8 Å². The number of oxazole rings is 1. The van der Waals surface area contributed by atoms with E-state index in [0.29, 0.717) is 12.0 Å². The molecule has 110 valence electrons. The molecule has 4 bridgehead atoms. The van der Waals surface area contributed by atoms with Crippen LogP contribution in [0.1, 0.15) is 56.6 Å². The predicted molar refractivity (Wildman–Crippen MR) is 78.2 cm³/mol. The van der Waals surface area contributed by atoms with Gasteiger partial charge in [0.15, 0.2) is 5.89 Å². The van der Waals surface area contributed by atoms with Gasteiger partial charge in [0, 0.05) is 12.8 Å². The maximum Gasteiger partial charge on any atom is 0.194 e. The summed E-state index contributed by atoms with van der Waals surface area (Å²) in [7, 11) is 0. The maximum absolute atomic E-state index is 5.96. The Hall–Kier alpha value is -0.830. The van der Waals surface area contributed by atoms with E-state index in [1.807, 2.05) is 6.20 Å². The quantitative estimate of drug-likeness (QED) is 0.896. The van der Waals surface area contributed by atoms with Crippen LogP contribution in [0.15, 0.2) is 10.6 Å². The van der Waals surface area contributed by atoms with Crippen LogP contribution in [0.5, 0.6) is 0 Å². The molecule has 2 N–H and O–H groups in total. The maximum atomic E-state index is 5.96. The highest BCUT2D eigenvalue weighted by atomic mass is 16.4. The van der Waals surface area contributed by atoms with Gasteiger partial charge in [-0.15, -0.1) is 0 Å². The fourth-order valence-corrected chi connectivity index (χ4v) is 5.67. The van der Waals surface area contributed by atoms with Crippen molar-refractivity contribution in [1.82, 2.24) is 4.98 Å². The smallest absolute Gasteiger partial charge is 0.194 e. The average molecular weight is 274 g/mol. The lowest BCUT2D eigenvalue weighted by molar-refractivity contribution is -0.0545. The second kappa shape index (κ2) is 4.87. The van der Waals surface area contributed by atoms with E-state index in [0.717, 1.165) is 48.7 Å². The SMILES string of the molecule is NCCCc1ncc(CC23CC4CC(CC(C4)C2)C3)o1. The standard InChI is InChI=1S/C17H26N2O/c18-3-1-2-16-19-11-15(20-16)10-17-7-12-4-13(8-17)6-14(5-12)9-17/h11-14H,1-10,18H2. The largest absolute Gasteiger partial charge is 0.446 e. The van der Waals surface area contributed by atoms with Crippen molar-refractivity contribution in [2.75, 3.05) is 6.54 Å². The fraction of sp³-hybridized carbons (Fsp3) is 0.824. The third-order valence-corrected chi connectivity index (χ3v) is 5.91. The first-order valence-corrected chi connectivity index (χ1v) is 8.38. The molecular weight excluding hydrogens is 248 g/mol. The van der Waals surface area contributed by atoms with E-state index in [4.69, 9.17) is 10.2 Å². The van der Waals surface area contributed by atoms with Crippen molar-refractivity contribution in [2.24, 2.45) is 28.9 Å². The van der Waals surface area contributed by atoms with E-state index in [2.05, 4.69) is 4.98 Å². The van der Waals surface area contributed by atoms with Gasteiger partial charge in [0.05, 0.1) is 6.20 Å². The molecule has 1 heterocycles. The summed E-state index contributed by atoms with van der Waals surface area (Å²) in [4.78, 5) is 4.43. The van der Waals surface area contributed by atoms with Crippen LogP contribution in [0, 0.1) is 23.2 Å². The zero-order valence-corrected chi connectivity index (χ0v) is 12.3. The number of hydrogen-bond acceptors (Lipinski definition) is 3. The Kier molecular flexibility index (Phi) is 3.13. The Bertz CT molecular complexity index is 444. The number of nitrogens with two attached hydrogens (primary N) is 1. The minimum atomic E-state index is 0.555. The van der Waals surface area contributed by atoms with Gasteiger partial charge in [-0.2, -0.15) is 0 Å². The van der Waals surface area contributed by atoms with Crippen LogP contribution in [0.4, 0.5) is 0 Å². The Balaban J connectivity index is 1.47. The molecule has 3 heteroatoms. The van der Waals surface area contributed by atoms with Gasteiger partial charge in [-0.25, -0.2) is 4.98 Å². The van der Waals surface area contributed by atoms with Crippen molar-refractivity contribution >= 4 is 0 Å². The summed E-state index contributed by atoms with van der Waals surface area (Å²) in [5.74, 6) is 5.05. The molecule has 4 saturated carbocycles. The van der Waals surface area contributed by atoms with Crippen molar-refractivity contribution in [3.8, 4) is 0 Å². The van der Waals surface area contributed by atoms with Crippen LogP contribution >= 0.6 is 0 Å². The molecule has 0 aromatic carbocycles. The number of nitrogens with zero attached hydrogens (tertiary/aromatic N) is 1. The van der Waals surface area contributed by atoms with Crippen LogP contribution in [0.2, 0.25) is 0 Å². The normalized spacial score (nSPS) is 38.5. The summed E-state index contributed by atoms with van der Waals surface area (Å²) < 4.78 is 5.96. The van der Waals surface area contributed by atoms with Gasteiger partial charge in [0.2, 0.25) is 0 Å². The number of rotatable bonds is 5. The zero-order chi connectivity index (χ0) is 13.6. The monoisotopic (exact) mass is 274 g/mol. The Labute approximate surface area is 121 Å². The van der Waals surface area contributed by atoms with Gasteiger partial charge < -0.3 is 10.2 Å². The van der Waals surface area contributed by atoms with Crippen molar-refractivity contribution in [2.45, 2.75) is 57.8 Å². The van der Waals surface area contributed by atoms with E-state index in [-0.39, 0.29) is 0 Å². The lowest BCUT2D eigenvalue weighted by Crippen LogP contribution is -2.46. The van der Waals surface area contributed by atoms with Gasteiger partial charge in [-0.3, -0.25) is 0 Å². The molecule has 0 radical (unpaired) electrons. The molecule has 0 aliphatic heterocycles. The lowest BCUT2D eigenvalue weighted by atomic mass is 9.49. The molecule has 4 fully saturated rings. The molecule has 20 heavy (non-hydrogen) atoms. The summed E-state index contributed by atoms with van der Waals surface area (Å²) >= 11 is 0. The number of hydrogen-bond donors (Lipinski definition) is 1. The lowest BCUT2D eigenvalue weighted by Gasteiger charge is -2.56. The Morgan fingerprint density at radius 1 is 1.15 bits per heavy atom. The van der Waals surface area contributed by atoms with Gasteiger partial charge in [-0.05, 0) is 74.7 Å². The van der Waals surface area contributed by atoms with Gasteiger partial charge in [-0.1, -0.05) is 0 Å². The molecule has 5 rings (SSSR count). The molecular formula is C17H26N2O. The van der Waals surface area contributed by atoms with E-state index >= 15 is 0 Å². The fourth-order valence-electron chi connectivity index (χ4n) is 5.67. The molecule has 1 aromatic heterocycles. The molecule has 0 saturated heterocycles. The highest BCUT2D eigenvalue weighted by Crippen LogP contribution is 2.61. The summed E-state index contributed by atoms with van der Waals surface area (Å²) in [6.45, 7) is 0.715. The second-order valence-corrected chi connectivity index (χ2v) is 7.71. The predicted octanol–water partition coefficient (Wildman–Crippen LogP) is 3.32. The van der Waals surface area contributed by atoms with Crippen LogP contribution in [-0.4, -0.2) is 11.5 Å². The molecule has 0 atom stereocenters. The molecule has 0 spiro atoms. The van der Waals surface area contributed by atoms with Crippen LogP contribution in [0.3, 0.4) is 0 Å². The number of aromatic nitrogens is 1. The van der Waals surface area contributed by atoms with Gasteiger partial charge >= 0.3 is 0 Å². The molecule has 0 unspecified atom stereocenters. The Morgan fingerprint density at radius 3 is 2.40 bits per heavy atom. The second-order valence-electron chi connectivity index (χ2n) is 7.71. The molecule has 4 aliphatic carbocycles. The summed E-state index contributed by atoms with van der Waals surface area (Å²) in [6.07, 6.45) is 13.8. The molecule has 1 aromatic rings. The highest BCUT2D eigenvalue weighted by molar-refractivity contribution is 5.07. The molecule has 0 amide bonds. The summed E-state index contributed by atoms with van der Waals surface area (Å²) in [5, 5.41) is 0. The van der Waals surface area contributed by atoms with Crippen molar-refractivity contribution in [1.29, 1.82) is 0 Å². The van der Waals surface area contributed by atoms with Crippen molar-refractivity contribution in [3.63, 3.8) is 0 Å². The molecule has 4 aliphatic rings. The first kappa shape index (κ1) is 12.9. The topological polar surface area (TPSA) is 52.0 Å². The zero-order valence-electron chi connectivity index (χ0n) is 12.3. The minimum Gasteiger partial charge on any atom is -0.446 e. The summed E-state index contributed by atoms with van der Waals surface area (Å²) in [5.41, 5.74) is 6.10. The molecule has 3 nitrogen and oxygen atoms in total. The van der Waals surface area contributed by atoms with Gasteiger partial charge in [0.1, 0.15) is 5.76 Å². The minimum absolute atomic E-state index is 0.555.